The Balaban J connectivity index is 1.87. The van der Waals surface area contributed by atoms with Gasteiger partial charge in [0, 0.05) is 23.5 Å². The van der Waals surface area contributed by atoms with Crippen LogP contribution in [0, 0.1) is 0 Å². The highest BCUT2D eigenvalue weighted by atomic mass is 16.7. The van der Waals surface area contributed by atoms with Gasteiger partial charge in [0.2, 0.25) is 0 Å². The Kier molecular flexibility index (Phi) is 2.92. The van der Waals surface area contributed by atoms with Gasteiger partial charge in [-0.15, -0.1) is 0 Å². The van der Waals surface area contributed by atoms with Crippen LogP contribution in [0.25, 0.3) is 22.3 Å². The van der Waals surface area contributed by atoms with Crippen molar-refractivity contribution in [2.45, 2.75) is 0 Å². The van der Waals surface area contributed by atoms with E-state index in [1.807, 2.05) is 61.6 Å². The molecule has 0 atom stereocenters. The maximum atomic E-state index is 12.2. The van der Waals surface area contributed by atoms with Gasteiger partial charge < -0.3 is 18.1 Å². The molecule has 0 amide bonds. The van der Waals surface area contributed by atoms with Gasteiger partial charge in [-0.3, -0.25) is 9.59 Å². The number of carbonyl (C=O) groups excluding carboxylic acids is 2. The van der Waals surface area contributed by atoms with E-state index in [1.165, 1.54) is 0 Å². The maximum absolute atomic E-state index is 12.2. The van der Waals surface area contributed by atoms with E-state index in [-0.39, 0.29) is 29.4 Å². The fourth-order valence-electron chi connectivity index (χ4n) is 4.26. The summed E-state index contributed by atoms with van der Waals surface area (Å²) in [5.41, 5.74) is 2.15. The summed E-state index contributed by atoms with van der Waals surface area (Å²) >= 11 is 0. The van der Waals surface area contributed by atoms with Gasteiger partial charge in [0.25, 0.3) is 0 Å². The number of hydrogen-bond acceptors (Lipinski definition) is 5. The lowest BCUT2D eigenvalue weighted by atomic mass is 9.59. The Morgan fingerprint density at radius 3 is 2.19 bits per heavy atom. The molecule has 130 valence electrons. The summed E-state index contributed by atoms with van der Waals surface area (Å²) in [6.07, 6.45) is 0. The van der Waals surface area contributed by atoms with Crippen molar-refractivity contribution in [2.75, 3.05) is 20.1 Å². The summed E-state index contributed by atoms with van der Waals surface area (Å²) < 4.78 is 17.7. The van der Waals surface area contributed by atoms with E-state index in [9.17, 15) is 9.59 Å². The van der Waals surface area contributed by atoms with Crippen molar-refractivity contribution in [2.24, 2.45) is 0 Å². The molecule has 2 aliphatic heterocycles. The predicted octanol–water partition coefficient (Wildman–Crippen LogP) is 1.81. The minimum Gasteiger partial charge on any atom is -0.596 e. The second kappa shape index (κ2) is 4.99. The Morgan fingerprint density at radius 1 is 0.885 bits per heavy atom. The molecule has 0 bridgehead atoms. The number of likely N-dealkylation sites (N-methyl/N-ethyl adjacent to an activating group) is 1. The number of furan rings is 1. The predicted molar refractivity (Wildman–Crippen MR) is 95.1 cm³/mol. The van der Waals surface area contributed by atoms with Crippen LogP contribution in [0.15, 0.2) is 59.0 Å². The Labute approximate surface area is 149 Å². The minimum absolute atomic E-state index is 0.0844. The van der Waals surface area contributed by atoms with E-state index in [1.54, 1.807) is 0 Å². The molecule has 7 heteroatoms. The van der Waals surface area contributed by atoms with Crippen LogP contribution >= 0.6 is 0 Å². The van der Waals surface area contributed by atoms with Crippen LogP contribution in [0.2, 0.25) is 0 Å². The monoisotopic (exact) mass is 349 g/mol. The molecule has 2 aliphatic rings. The number of nitrogens with zero attached hydrogens (tertiary/aromatic N) is 1. The molecule has 2 saturated heterocycles. The molecule has 1 aromatic heterocycles. The molecule has 5 rings (SSSR count). The molecule has 6 nitrogen and oxygen atoms in total. The van der Waals surface area contributed by atoms with Gasteiger partial charge in [-0.05, 0) is 6.07 Å². The third kappa shape index (κ3) is 1.86. The quantitative estimate of drug-likeness (QED) is 0.660. The maximum Gasteiger partial charge on any atom is 0.619 e. The van der Waals surface area contributed by atoms with E-state index in [0.29, 0.717) is 16.8 Å². The lowest BCUT2D eigenvalue weighted by Gasteiger charge is -2.39. The molecule has 0 spiro atoms. The van der Waals surface area contributed by atoms with E-state index >= 15 is 0 Å². The number of hydrogen-bond donors (Lipinski definition) is 0. The molecule has 0 unspecified atom stereocenters. The first kappa shape index (κ1) is 15.2. The van der Waals surface area contributed by atoms with E-state index in [4.69, 9.17) is 13.7 Å². The van der Waals surface area contributed by atoms with Crippen LogP contribution in [-0.4, -0.2) is 43.2 Å². The highest BCUT2D eigenvalue weighted by Gasteiger charge is 2.68. The molecule has 0 N–H and O–H groups in total. The normalized spacial score (nSPS) is 27.4. The van der Waals surface area contributed by atoms with Crippen molar-refractivity contribution in [1.29, 1.82) is 0 Å². The third-order valence-corrected chi connectivity index (χ3v) is 5.42. The molecular weight excluding hydrogens is 333 g/mol. The highest BCUT2D eigenvalue weighted by Crippen LogP contribution is 2.39. The first-order chi connectivity index (χ1) is 12.5. The summed E-state index contributed by atoms with van der Waals surface area (Å²) in [4.78, 5) is 24.4. The number of carbonyl (C=O) groups is 2. The van der Waals surface area contributed by atoms with Gasteiger partial charge in [-0.2, -0.15) is 0 Å². The standard InChI is InChI=1S/C19H16BNO5/c1-21-11-16(22)25-20(21,26-17(23)12-21)18-14-9-5-6-10-15(14)24-19(18)13-7-3-2-4-8-13/h2-10H,11-12H2,1H3. The third-order valence-electron chi connectivity index (χ3n) is 5.42. The van der Waals surface area contributed by atoms with Gasteiger partial charge >= 0.3 is 18.6 Å². The molecule has 0 saturated carbocycles. The fourth-order valence-corrected chi connectivity index (χ4v) is 4.26. The van der Waals surface area contributed by atoms with Crippen LogP contribution < -0.4 is 5.46 Å². The molecule has 3 aromatic rings. The van der Waals surface area contributed by atoms with Crippen LogP contribution in [-0.2, 0) is 18.9 Å². The molecule has 26 heavy (non-hydrogen) atoms. The molecular formula is C19H16BNO5. The van der Waals surface area contributed by atoms with Gasteiger partial charge in [-0.1, -0.05) is 48.5 Å². The van der Waals surface area contributed by atoms with Crippen molar-refractivity contribution in [1.82, 2.24) is 0 Å². The first-order valence-electron chi connectivity index (χ1n) is 8.52. The number of fused-ring (bicyclic) bond motifs is 2. The van der Waals surface area contributed by atoms with E-state index in [0.717, 1.165) is 10.9 Å². The Bertz CT molecular complexity index is 1040. The second-order valence-electron chi connectivity index (χ2n) is 7.15. The van der Waals surface area contributed by atoms with Crippen LogP contribution in [0.5, 0.6) is 0 Å². The van der Waals surface area contributed by atoms with Crippen molar-refractivity contribution < 1.29 is 27.7 Å². The van der Waals surface area contributed by atoms with Crippen molar-refractivity contribution in [3.8, 4) is 11.3 Å². The van der Waals surface area contributed by atoms with E-state index < -0.39 is 6.69 Å². The first-order valence-corrected chi connectivity index (χ1v) is 8.52. The van der Waals surface area contributed by atoms with Gasteiger partial charge in [0.15, 0.2) is 0 Å². The smallest absolute Gasteiger partial charge is 0.596 e. The summed E-state index contributed by atoms with van der Waals surface area (Å²) in [6, 6.07) is 17.1. The topological polar surface area (TPSA) is 65.7 Å². The summed E-state index contributed by atoms with van der Waals surface area (Å²) in [6.45, 7) is -2.18. The molecule has 0 radical (unpaired) electrons. The molecule has 2 fully saturated rings. The zero-order valence-corrected chi connectivity index (χ0v) is 14.2. The average Bonchev–Trinajstić information content (AvgIpc) is 3.18. The number of rotatable bonds is 2. The zero-order chi connectivity index (χ0) is 17.9. The number of benzene rings is 2. The summed E-state index contributed by atoms with van der Waals surface area (Å²) in [7, 11) is 1.83. The van der Waals surface area contributed by atoms with Crippen LogP contribution in [0.4, 0.5) is 0 Å². The van der Waals surface area contributed by atoms with Crippen molar-refractivity contribution in [3.05, 3.63) is 54.6 Å². The second-order valence-corrected chi connectivity index (χ2v) is 7.15. The molecule has 3 heterocycles. The molecule has 0 aliphatic carbocycles. The summed E-state index contributed by atoms with van der Waals surface area (Å²) in [5.74, 6) is -0.172. The minimum atomic E-state index is -2.38. The molecule has 2 aromatic carbocycles. The number of quaternary nitrogens is 1. The zero-order valence-electron chi connectivity index (χ0n) is 14.2. The lowest BCUT2D eigenvalue weighted by molar-refractivity contribution is -0.791. The Hall–Kier alpha value is -3.06. The van der Waals surface area contributed by atoms with Crippen LogP contribution in [0.3, 0.4) is 0 Å². The Morgan fingerprint density at radius 2 is 1.50 bits per heavy atom. The SMILES string of the molecule is C[N+]12CC(=O)O[B-]1(c1c(-c3ccccc3)oc3ccccc13)OC(=O)C2. The fraction of sp³-hybridized carbons (Fsp3) is 0.158. The van der Waals surface area contributed by atoms with Gasteiger partial charge in [-0.25, -0.2) is 0 Å². The lowest BCUT2D eigenvalue weighted by Crippen LogP contribution is -2.67. The highest BCUT2D eigenvalue weighted by molar-refractivity contribution is 6.82. The van der Waals surface area contributed by atoms with E-state index in [2.05, 4.69) is 0 Å². The van der Waals surface area contributed by atoms with Gasteiger partial charge in [0.05, 0.1) is 0 Å². The largest absolute Gasteiger partial charge is 0.619 e. The van der Waals surface area contributed by atoms with Crippen molar-refractivity contribution in [3.63, 3.8) is 0 Å². The average molecular weight is 349 g/mol. The van der Waals surface area contributed by atoms with Gasteiger partial charge in [0.1, 0.15) is 24.4 Å². The number of para-hydroxylation sites is 1. The van der Waals surface area contributed by atoms with Crippen LogP contribution in [0.1, 0.15) is 0 Å². The van der Waals surface area contributed by atoms with Crippen molar-refractivity contribution >= 4 is 35.1 Å². The summed E-state index contributed by atoms with van der Waals surface area (Å²) in [5, 5.41) is 0.792.